The zero-order valence-electron chi connectivity index (χ0n) is 16.4. The second-order valence-electron chi connectivity index (χ2n) is 6.33. The highest BCUT2D eigenvalue weighted by molar-refractivity contribution is 5.36. The molecule has 0 aliphatic heterocycles. The average molecular weight is 346 g/mol. The minimum absolute atomic E-state index is 0.258. The Balaban J connectivity index is 0. The lowest BCUT2D eigenvalue weighted by Crippen LogP contribution is -2.19. The van der Waals surface area contributed by atoms with Crippen LogP contribution in [0.4, 0.5) is 0 Å². The van der Waals surface area contributed by atoms with E-state index in [1.807, 2.05) is 0 Å². The summed E-state index contributed by atoms with van der Waals surface area (Å²) in [7, 11) is 0. The van der Waals surface area contributed by atoms with Gasteiger partial charge in [-0.25, -0.2) is 0 Å². The first kappa shape index (κ1) is 25.6. The molecule has 2 N–H and O–H groups in total. The van der Waals surface area contributed by atoms with Crippen LogP contribution in [0.2, 0.25) is 0 Å². The van der Waals surface area contributed by atoms with Crippen LogP contribution in [-0.4, -0.2) is 37.9 Å². The summed E-state index contributed by atoms with van der Waals surface area (Å²) in [6, 6.07) is 0. The molecule has 0 aromatic heterocycles. The predicted molar refractivity (Wildman–Crippen MR) is 103 cm³/mol. The van der Waals surface area contributed by atoms with Crippen molar-refractivity contribution in [2.75, 3.05) is 26.3 Å². The summed E-state index contributed by atoms with van der Waals surface area (Å²) < 4.78 is 4.61. The first-order valence-corrected chi connectivity index (χ1v) is 10.2. The molecule has 0 aromatic rings. The van der Waals surface area contributed by atoms with Gasteiger partial charge in [-0.1, -0.05) is 84.5 Å². The fraction of sp³-hybridized carbons (Fsp3) is 0.950. The van der Waals surface area contributed by atoms with Crippen molar-refractivity contribution < 1.29 is 14.6 Å². The molecule has 4 heteroatoms. The van der Waals surface area contributed by atoms with Crippen molar-refractivity contribution in [3.05, 3.63) is 0 Å². The van der Waals surface area contributed by atoms with Crippen LogP contribution in [0.3, 0.4) is 0 Å². The summed E-state index contributed by atoms with van der Waals surface area (Å²) in [5, 5.41) is 11.6. The van der Waals surface area contributed by atoms with Gasteiger partial charge in [-0.3, -0.25) is 4.79 Å². The van der Waals surface area contributed by atoms with E-state index in [1.165, 1.54) is 77.0 Å². The van der Waals surface area contributed by atoms with Gasteiger partial charge in [0.1, 0.15) is 0 Å². The first-order chi connectivity index (χ1) is 11.8. The molecule has 0 heterocycles. The third kappa shape index (κ3) is 29.4. The molecular formula is C20H43NO3. The number of aliphatic hydroxyl groups excluding tert-OH is 1. The average Bonchev–Trinajstić information content (AvgIpc) is 2.60. The standard InChI is InChI=1S/C12H24O2.C8H19NO/c1-2-3-4-5-6-7-8-9-10-11-14-12-13;1-2-3-4-5-6-9-7-8-10/h12H,2-11H2,1H3;9-10H,2-8H2,1H3. The van der Waals surface area contributed by atoms with E-state index in [-0.39, 0.29) is 6.61 Å². The molecule has 0 fully saturated rings. The Hall–Kier alpha value is -0.610. The Morgan fingerprint density at radius 3 is 1.75 bits per heavy atom. The lowest BCUT2D eigenvalue weighted by Gasteiger charge is -2.01. The first-order valence-electron chi connectivity index (χ1n) is 10.2. The second-order valence-corrected chi connectivity index (χ2v) is 6.33. The molecule has 0 aromatic carbocycles. The van der Waals surface area contributed by atoms with Crippen LogP contribution in [0, 0.1) is 0 Å². The highest BCUT2D eigenvalue weighted by Crippen LogP contribution is 2.09. The Bertz CT molecular complexity index is 205. The number of carbonyl (C=O) groups excluding carboxylic acids is 1. The van der Waals surface area contributed by atoms with Crippen molar-refractivity contribution in [1.82, 2.24) is 5.32 Å². The fourth-order valence-electron chi connectivity index (χ4n) is 2.43. The van der Waals surface area contributed by atoms with E-state index in [4.69, 9.17) is 5.11 Å². The van der Waals surface area contributed by atoms with Gasteiger partial charge in [0.05, 0.1) is 13.2 Å². The summed E-state index contributed by atoms with van der Waals surface area (Å²) in [5.74, 6) is 0. The SMILES string of the molecule is CCCCCCCCCCCOC=O.CCCCCCNCCO. The summed E-state index contributed by atoms with van der Waals surface area (Å²) in [6.07, 6.45) is 16.9. The molecule has 0 unspecified atom stereocenters. The summed E-state index contributed by atoms with van der Waals surface area (Å²) in [6.45, 7) is 7.64. The van der Waals surface area contributed by atoms with E-state index < -0.39 is 0 Å². The van der Waals surface area contributed by atoms with E-state index in [0.717, 1.165) is 19.5 Å². The molecule has 0 aliphatic carbocycles. The predicted octanol–water partition coefficient (Wildman–Crippen LogP) is 4.84. The monoisotopic (exact) mass is 345 g/mol. The Morgan fingerprint density at radius 1 is 0.750 bits per heavy atom. The third-order valence-electron chi connectivity index (χ3n) is 3.93. The van der Waals surface area contributed by atoms with Crippen LogP contribution < -0.4 is 5.32 Å². The van der Waals surface area contributed by atoms with Gasteiger partial charge in [0.25, 0.3) is 6.47 Å². The number of carbonyl (C=O) groups is 1. The van der Waals surface area contributed by atoms with Crippen LogP contribution >= 0.6 is 0 Å². The van der Waals surface area contributed by atoms with Gasteiger partial charge in [-0.15, -0.1) is 0 Å². The van der Waals surface area contributed by atoms with Gasteiger partial charge < -0.3 is 15.2 Å². The lowest BCUT2D eigenvalue weighted by molar-refractivity contribution is -0.128. The maximum Gasteiger partial charge on any atom is 0.293 e. The van der Waals surface area contributed by atoms with Gasteiger partial charge >= 0.3 is 0 Å². The van der Waals surface area contributed by atoms with Gasteiger partial charge in [-0.05, 0) is 19.4 Å². The zero-order valence-corrected chi connectivity index (χ0v) is 16.4. The van der Waals surface area contributed by atoms with Crippen LogP contribution in [0.15, 0.2) is 0 Å². The van der Waals surface area contributed by atoms with E-state index in [2.05, 4.69) is 23.9 Å². The molecule has 24 heavy (non-hydrogen) atoms. The maximum atomic E-state index is 9.82. The Morgan fingerprint density at radius 2 is 1.25 bits per heavy atom. The summed E-state index contributed by atoms with van der Waals surface area (Å²) in [4.78, 5) is 9.82. The smallest absolute Gasteiger partial charge is 0.293 e. The van der Waals surface area contributed by atoms with E-state index in [0.29, 0.717) is 13.1 Å². The third-order valence-corrected chi connectivity index (χ3v) is 3.93. The molecule has 0 spiro atoms. The second kappa shape index (κ2) is 27.2. The molecule has 0 radical (unpaired) electrons. The zero-order chi connectivity index (χ0) is 18.1. The highest BCUT2D eigenvalue weighted by atomic mass is 16.5. The van der Waals surface area contributed by atoms with Gasteiger partial charge in [0.15, 0.2) is 0 Å². The highest BCUT2D eigenvalue weighted by Gasteiger charge is 1.91. The van der Waals surface area contributed by atoms with Crippen LogP contribution in [0.1, 0.15) is 97.3 Å². The fourth-order valence-corrected chi connectivity index (χ4v) is 2.43. The molecular weight excluding hydrogens is 302 g/mol. The largest absolute Gasteiger partial charge is 0.468 e. The number of hydrogen-bond acceptors (Lipinski definition) is 4. The van der Waals surface area contributed by atoms with E-state index in [9.17, 15) is 4.79 Å². The topological polar surface area (TPSA) is 58.6 Å². The van der Waals surface area contributed by atoms with Crippen molar-refractivity contribution in [1.29, 1.82) is 0 Å². The van der Waals surface area contributed by atoms with Crippen molar-refractivity contribution in [2.45, 2.75) is 97.3 Å². The quantitative estimate of drug-likeness (QED) is 0.276. The van der Waals surface area contributed by atoms with Crippen molar-refractivity contribution in [2.24, 2.45) is 0 Å². The molecule has 0 atom stereocenters. The Kier molecular flexibility index (Phi) is 29.1. The number of ether oxygens (including phenoxy) is 1. The minimum atomic E-state index is 0.258. The van der Waals surface area contributed by atoms with Crippen molar-refractivity contribution in [3.63, 3.8) is 0 Å². The van der Waals surface area contributed by atoms with Gasteiger partial charge in [0.2, 0.25) is 0 Å². The molecule has 0 rings (SSSR count). The van der Waals surface area contributed by atoms with Crippen molar-refractivity contribution in [3.8, 4) is 0 Å². The van der Waals surface area contributed by atoms with Gasteiger partial charge in [-0.2, -0.15) is 0 Å². The van der Waals surface area contributed by atoms with Gasteiger partial charge in [0, 0.05) is 6.54 Å². The summed E-state index contributed by atoms with van der Waals surface area (Å²) >= 11 is 0. The molecule has 0 saturated carbocycles. The number of hydrogen-bond donors (Lipinski definition) is 2. The number of aliphatic hydroxyl groups is 1. The molecule has 146 valence electrons. The van der Waals surface area contributed by atoms with E-state index in [1.54, 1.807) is 0 Å². The number of rotatable bonds is 18. The number of nitrogens with one attached hydrogen (secondary N) is 1. The molecule has 4 nitrogen and oxygen atoms in total. The number of unbranched alkanes of at least 4 members (excludes halogenated alkanes) is 11. The molecule has 0 aliphatic rings. The minimum Gasteiger partial charge on any atom is -0.468 e. The van der Waals surface area contributed by atoms with Crippen LogP contribution in [0.5, 0.6) is 0 Å². The normalized spacial score (nSPS) is 10.1. The maximum absolute atomic E-state index is 9.82. The lowest BCUT2D eigenvalue weighted by atomic mass is 10.1. The van der Waals surface area contributed by atoms with E-state index >= 15 is 0 Å². The molecule has 0 bridgehead atoms. The van der Waals surface area contributed by atoms with Crippen molar-refractivity contribution >= 4 is 6.47 Å². The molecule has 0 saturated heterocycles. The summed E-state index contributed by atoms with van der Waals surface area (Å²) in [5.41, 5.74) is 0. The molecule has 0 amide bonds. The van der Waals surface area contributed by atoms with Crippen LogP contribution in [-0.2, 0) is 9.53 Å². The Labute approximate surface area is 150 Å². The van der Waals surface area contributed by atoms with Crippen LogP contribution in [0.25, 0.3) is 0 Å².